The number of hydrogen-bond acceptors (Lipinski definition) is 2. The Bertz CT molecular complexity index is 638. The number of nitrogens with zero attached hydrogens (tertiary/aromatic N) is 1. The van der Waals surface area contributed by atoms with Gasteiger partial charge in [0.1, 0.15) is 5.75 Å². The first-order valence-corrected chi connectivity index (χ1v) is 7.26. The molecule has 2 amide bonds. The lowest BCUT2D eigenvalue weighted by atomic mass is 10.0. The molecule has 4 nitrogen and oxygen atoms in total. The summed E-state index contributed by atoms with van der Waals surface area (Å²) < 4.78 is 5.40. The van der Waals surface area contributed by atoms with Crippen molar-refractivity contribution in [2.45, 2.75) is 13.0 Å². The van der Waals surface area contributed by atoms with Crippen LogP contribution in [0.2, 0.25) is 0 Å². The zero-order valence-electron chi connectivity index (χ0n) is 13.5. The van der Waals surface area contributed by atoms with Gasteiger partial charge in [-0.3, -0.25) is 0 Å². The van der Waals surface area contributed by atoms with Crippen LogP contribution in [0.15, 0.2) is 48.5 Å². The molecule has 1 N–H and O–H groups in total. The van der Waals surface area contributed by atoms with Crippen molar-refractivity contribution in [3.05, 3.63) is 54.1 Å². The predicted octanol–water partition coefficient (Wildman–Crippen LogP) is 3.69. The van der Waals surface area contributed by atoms with Gasteiger partial charge in [-0.15, -0.1) is 0 Å². The molecule has 0 aliphatic heterocycles. The Balaban J connectivity index is 2.25. The van der Waals surface area contributed by atoms with E-state index in [0.717, 1.165) is 22.4 Å². The first-order chi connectivity index (χ1) is 10.6. The summed E-state index contributed by atoms with van der Waals surface area (Å²) in [5.41, 5.74) is 3.24. The maximum Gasteiger partial charge on any atom is 0.317 e. The molecule has 0 unspecified atom stereocenters. The fourth-order valence-corrected chi connectivity index (χ4v) is 2.40. The molecule has 0 aliphatic rings. The van der Waals surface area contributed by atoms with Crippen molar-refractivity contribution < 1.29 is 9.53 Å². The van der Waals surface area contributed by atoms with Crippen LogP contribution in [0, 0.1) is 0 Å². The number of amides is 2. The van der Waals surface area contributed by atoms with Crippen LogP contribution in [-0.2, 0) is 0 Å². The summed E-state index contributed by atoms with van der Waals surface area (Å²) >= 11 is 0. The van der Waals surface area contributed by atoms with Crippen LogP contribution in [0.1, 0.15) is 18.5 Å². The lowest BCUT2D eigenvalue weighted by Gasteiger charge is -2.25. The van der Waals surface area contributed by atoms with Crippen molar-refractivity contribution >= 4 is 6.03 Å². The van der Waals surface area contributed by atoms with E-state index in [1.54, 1.807) is 26.1 Å². The van der Waals surface area contributed by atoms with E-state index in [-0.39, 0.29) is 12.1 Å². The minimum absolute atomic E-state index is 0.00617. The molecule has 0 aliphatic carbocycles. The summed E-state index contributed by atoms with van der Waals surface area (Å²) in [6, 6.07) is 16.1. The number of methoxy groups -OCH3 is 1. The van der Waals surface area contributed by atoms with Crippen LogP contribution < -0.4 is 10.1 Å². The third-order valence-electron chi connectivity index (χ3n) is 3.93. The maximum absolute atomic E-state index is 11.7. The van der Waals surface area contributed by atoms with E-state index in [1.807, 2.05) is 43.3 Å². The molecule has 0 heterocycles. The number of para-hydroxylation sites is 1. The summed E-state index contributed by atoms with van der Waals surface area (Å²) in [5, 5.41) is 2.64. The Kier molecular flexibility index (Phi) is 5.04. The van der Waals surface area contributed by atoms with Crippen molar-refractivity contribution in [3.8, 4) is 16.9 Å². The van der Waals surface area contributed by atoms with E-state index in [1.165, 1.54) is 0 Å². The SMILES string of the molecule is CNC(=O)N(C)[C@H](C)c1ccc(-c2ccccc2OC)cc1. The second kappa shape index (κ2) is 6.98. The molecule has 116 valence electrons. The van der Waals surface area contributed by atoms with Gasteiger partial charge in [0.25, 0.3) is 0 Å². The van der Waals surface area contributed by atoms with Gasteiger partial charge in [-0.1, -0.05) is 42.5 Å². The zero-order chi connectivity index (χ0) is 16.1. The van der Waals surface area contributed by atoms with E-state index < -0.39 is 0 Å². The molecule has 0 saturated carbocycles. The van der Waals surface area contributed by atoms with Crippen LogP contribution >= 0.6 is 0 Å². The number of urea groups is 1. The van der Waals surface area contributed by atoms with Gasteiger partial charge >= 0.3 is 6.03 Å². The second-order valence-corrected chi connectivity index (χ2v) is 5.16. The van der Waals surface area contributed by atoms with E-state index in [4.69, 9.17) is 4.74 Å². The van der Waals surface area contributed by atoms with Gasteiger partial charge in [0.05, 0.1) is 13.2 Å². The molecule has 0 saturated heterocycles. The lowest BCUT2D eigenvalue weighted by molar-refractivity contribution is 0.197. The third kappa shape index (κ3) is 3.22. The number of carbonyl (C=O) groups excluding carboxylic acids is 1. The smallest absolute Gasteiger partial charge is 0.317 e. The quantitative estimate of drug-likeness (QED) is 0.935. The Morgan fingerprint density at radius 1 is 1.14 bits per heavy atom. The van der Waals surface area contributed by atoms with Crippen molar-refractivity contribution in [3.63, 3.8) is 0 Å². The van der Waals surface area contributed by atoms with Gasteiger partial charge in [0.15, 0.2) is 0 Å². The van der Waals surface area contributed by atoms with Gasteiger partial charge < -0.3 is 15.0 Å². The molecular weight excluding hydrogens is 276 g/mol. The minimum atomic E-state index is -0.0960. The molecule has 2 rings (SSSR count). The predicted molar refractivity (Wildman–Crippen MR) is 89.1 cm³/mol. The van der Waals surface area contributed by atoms with Gasteiger partial charge in [0.2, 0.25) is 0 Å². The van der Waals surface area contributed by atoms with Crippen molar-refractivity contribution in [2.75, 3.05) is 21.2 Å². The monoisotopic (exact) mass is 298 g/mol. The molecule has 0 aromatic heterocycles. The summed E-state index contributed by atoms with van der Waals surface area (Å²) in [6.45, 7) is 2.01. The molecule has 4 heteroatoms. The van der Waals surface area contributed by atoms with Crippen molar-refractivity contribution in [2.24, 2.45) is 0 Å². The molecular formula is C18H22N2O2. The van der Waals surface area contributed by atoms with E-state index in [0.29, 0.717) is 0 Å². The zero-order valence-corrected chi connectivity index (χ0v) is 13.5. The van der Waals surface area contributed by atoms with Crippen LogP contribution in [0.3, 0.4) is 0 Å². The third-order valence-corrected chi connectivity index (χ3v) is 3.93. The van der Waals surface area contributed by atoms with Crippen LogP contribution in [-0.4, -0.2) is 32.1 Å². The molecule has 2 aromatic rings. The average Bonchev–Trinajstić information content (AvgIpc) is 2.59. The number of benzene rings is 2. The van der Waals surface area contributed by atoms with Crippen LogP contribution in [0.5, 0.6) is 5.75 Å². The molecule has 0 radical (unpaired) electrons. The van der Waals surface area contributed by atoms with E-state index >= 15 is 0 Å². The Morgan fingerprint density at radius 3 is 2.36 bits per heavy atom. The van der Waals surface area contributed by atoms with E-state index in [2.05, 4.69) is 17.4 Å². The summed E-state index contributed by atoms with van der Waals surface area (Å²) in [6.07, 6.45) is 0. The number of carbonyl (C=O) groups is 1. The number of rotatable bonds is 4. The molecule has 0 fully saturated rings. The molecule has 22 heavy (non-hydrogen) atoms. The van der Waals surface area contributed by atoms with Crippen LogP contribution in [0.4, 0.5) is 4.79 Å². The summed E-state index contributed by atoms with van der Waals surface area (Å²) in [5.74, 6) is 0.853. The Morgan fingerprint density at radius 2 is 1.77 bits per heavy atom. The number of hydrogen-bond donors (Lipinski definition) is 1. The molecule has 1 atom stereocenters. The topological polar surface area (TPSA) is 41.6 Å². The number of nitrogens with one attached hydrogen (secondary N) is 1. The van der Waals surface area contributed by atoms with Gasteiger partial charge in [0, 0.05) is 19.7 Å². The van der Waals surface area contributed by atoms with Gasteiger partial charge in [-0.2, -0.15) is 0 Å². The first-order valence-electron chi connectivity index (χ1n) is 7.26. The summed E-state index contributed by atoms with van der Waals surface area (Å²) in [7, 11) is 5.10. The average molecular weight is 298 g/mol. The van der Waals surface area contributed by atoms with Crippen molar-refractivity contribution in [1.29, 1.82) is 0 Å². The molecule has 2 aromatic carbocycles. The highest BCUT2D eigenvalue weighted by Gasteiger charge is 2.16. The second-order valence-electron chi connectivity index (χ2n) is 5.16. The fraction of sp³-hybridized carbons (Fsp3) is 0.278. The molecule has 0 bridgehead atoms. The summed E-state index contributed by atoms with van der Waals surface area (Å²) in [4.78, 5) is 13.4. The van der Waals surface area contributed by atoms with Gasteiger partial charge in [-0.05, 0) is 24.1 Å². The Hall–Kier alpha value is -2.49. The van der Waals surface area contributed by atoms with Gasteiger partial charge in [-0.25, -0.2) is 4.79 Å². The maximum atomic E-state index is 11.7. The van der Waals surface area contributed by atoms with E-state index in [9.17, 15) is 4.79 Å². The standard InChI is InChI=1S/C18H22N2O2/c1-13(20(3)18(21)19-2)14-9-11-15(12-10-14)16-7-5-6-8-17(16)22-4/h5-13H,1-4H3,(H,19,21)/t13-/m1/s1. The number of ether oxygens (including phenoxy) is 1. The normalized spacial score (nSPS) is 11.6. The van der Waals surface area contributed by atoms with Crippen molar-refractivity contribution in [1.82, 2.24) is 10.2 Å². The first kappa shape index (κ1) is 15.9. The fourth-order valence-electron chi connectivity index (χ4n) is 2.40. The largest absolute Gasteiger partial charge is 0.496 e. The highest BCUT2D eigenvalue weighted by molar-refractivity contribution is 5.74. The highest BCUT2D eigenvalue weighted by Crippen LogP contribution is 2.30. The Labute approximate surface area is 131 Å². The minimum Gasteiger partial charge on any atom is -0.496 e. The lowest BCUT2D eigenvalue weighted by Crippen LogP contribution is -2.36. The molecule has 0 spiro atoms. The highest BCUT2D eigenvalue weighted by atomic mass is 16.5. The van der Waals surface area contributed by atoms with Crippen LogP contribution in [0.25, 0.3) is 11.1 Å².